The van der Waals surface area contributed by atoms with Gasteiger partial charge in [0.05, 0.1) is 13.2 Å². The molecule has 1 N–H and O–H groups in total. The van der Waals surface area contributed by atoms with Crippen LogP contribution < -0.4 is 10.1 Å². The molecule has 3 saturated heterocycles. The zero-order valence-corrected chi connectivity index (χ0v) is 18.3. The second-order valence-corrected chi connectivity index (χ2v) is 9.30. The average molecular weight is 402 g/mol. The van der Waals surface area contributed by atoms with E-state index in [2.05, 4.69) is 40.2 Å². The average Bonchev–Trinajstić information content (AvgIpc) is 3.25. The first-order valence-electron chi connectivity index (χ1n) is 11.7. The first kappa shape index (κ1) is 21.1. The van der Waals surface area contributed by atoms with Crippen molar-refractivity contribution >= 4 is 0 Å². The lowest BCUT2D eigenvalue weighted by molar-refractivity contribution is 0.0484. The van der Waals surface area contributed by atoms with Gasteiger partial charge >= 0.3 is 0 Å². The summed E-state index contributed by atoms with van der Waals surface area (Å²) < 4.78 is 11.4. The maximum atomic E-state index is 5.84. The molecule has 0 bridgehead atoms. The predicted molar refractivity (Wildman–Crippen MR) is 117 cm³/mol. The maximum absolute atomic E-state index is 5.84. The van der Waals surface area contributed by atoms with E-state index in [-0.39, 0.29) is 0 Å². The first-order chi connectivity index (χ1) is 14.2. The molecule has 0 amide bonds. The van der Waals surface area contributed by atoms with Gasteiger partial charge in [-0.3, -0.25) is 4.90 Å². The lowest BCUT2D eigenvalue weighted by atomic mass is 9.91. The fraction of sp³-hybridized carbons (Fsp3) is 0.750. The molecule has 0 saturated carbocycles. The molecule has 29 heavy (non-hydrogen) atoms. The maximum Gasteiger partial charge on any atom is 0.123 e. The van der Waals surface area contributed by atoms with Crippen LogP contribution in [0, 0.1) is 5.92 Å². The van der Waals surface area contributed by atoms with Crippen LogP contribution >= 0.6 is 0 Å². The highest BCUT2D eigenvalue weighted by Gasteiger charge is 2.30. The van der Waals surface area contributed by atoms with Gasteiger partial charge < -0.3 is 19.7 Å². The molecule has 1 aromatic carbocycles. The van der Waals surface area contributed by atoms with E-state index in [4.69, 9.17) is 9.47 Å². The summed E-state index contributed by atoms with van der Waals surface area (Å²) in [5, 5.41) is 4.02. The van der Waals surface area contributed by atoms with Crippen LogP contribution in [0.5, 0.6) is 5.75 Å². The summed E-state index contributed by atoms with van der Waals surface area (Å²) in [5.74, 6) is 1.73. The van der Waals surface area contributed by atoms with Gasteiger partial charge in [-0.15, -0.1) is 0 Å². The number of hydrogen-bond acceptors (Lipinski definition) is 5. The van der Waals surface area contributed by atoms with E-state index in [1.165, 1.54) is 63.8 Å². The van der Waals surface area contributed by atoms with E-state index >= 15 is 0 Å². The smallest absolute Gasteiger partial charge is 0.123 e. The van der Waals surface area contributed by atoms with Crippen LogP contribution in [0.15, 0.2) is 24.3 Å². The molecule has 3 fully saturated rings. The number of hydrogen-bond donors (Lipinski definition) is 1. The lowest BCUT2D eigenvalue weighted by Crippen LogP contribution is -2.54. The molecule has 5 heteroatoms. The van der Waals surface area contributed by atoms with Gasteiger partial charge in [-0.2, -0.15) is 0 Å². The minimum Gasteiger partial charge on any atom is -0.496 e. The van der Waals surface area contributed by atoms with Crippen molar-refractivity contribution in [2.24, 2.45) is 5.92 Å². The van der Waals surface area contributed by atoms with E-state index in [1.54, 1.807) is 7.11 Å². The van der Waals surface area contributed by atoms with Gasteiger partial charge in [0.1, 0.15) is 5.75 Å². The molecule has 0 unspecified atom stereocenters. The second-order valence-electron chi connectivity index (χ2n) is 9.30. The second kappa shape index (κ2) is 10.3. The van der Waals surface area contributed by atoms with E-state index in [0.29, 0.717) is 18.2 Å². The van der Waals surface area contributed by atoms with Gasteiger partial charge in [-0.05, 0) is 63.7 Å². The number of likely N-dealkylation sites (tertiary alicyclic amines) is 2. The molecule has 0 aromatic heterocycles. The quantitative estimate of drug-likeness (QED) is 0.760. The van der Waals surface area contributed by atoms with Gasteiger partial charge in [-0.1, -0.05) is 25.1 Å². The van der Waals surface area contributed by atoms with Crippen molar-refractivity contribution in [2.75, 3.05) is 46.4 Å². The largest absolute Gasteiger partial charge is 0.496 e. The molecular weight excluding hydrogens is 362 g/mol. The number of nitrogens with zero attached hydrogens (tertiary/aromatic N) is 2. The fourth-order valence-electron chi connectivity index (χ4n) is 5.36. The van der Waals surface area contributed by atoms with Crippen molar-refractivity contribution in [2.45, 2.75) is 63.8 Å². The molecule has 3 aliphatic heterocycles. The molecule has 3 atom stereocenters. The van der Waals surface area contributed by atoms with Crippen LogP contribution in [0.1, 0.15) is 44.6 Å². The zero-order valence-electron chi connectivity index (χ0n) is 18.3. The van der Waals surface area contributed by atoms with Gasteiger partial charge in [0.25, 0.3) is 0 Å². The number of nitrogens with one attached hydrogen (secondary N) is 1. The Hall–Kier alpha value is -1.14. The third-order valence-electron chi connectivity index (χ3n) is 7.10. The molecule has 1 aromatic rings. The van der Waals surface area contributed by atoms with E-state index in [1.807, 2.05) is 6.07 Å². The van der Waals surface area contributed by atoms with Gasteiger partial charge in [-0.25, -0.2) is 0 Å². The van der Waals surface area contributed by atoms with Crippen molar-refractivity contribution in [3.05, 3.63) is 29.8 Å². The predicted octanol–water partition coefficient (Wildman–Crippen LogP) is 3.14. The summed E-state index contributed by atoms with van der Waals surface area (Å²) in [4.78, 5) is 5.21. The van der Waals surface area contributed by atoms with Crippen molar-refractivity contribution in [1.29, 1.82) is 0 Å². The van der Waals surface area contributed by atoms with Crippen molar-refractivity contribution in [3.8, 4) is 5.75 Å². The molecule has 3 heterocycles. The molecule has 5 nitrogen and oxygen atoms in total. The van der Waals surface area contributed by atoms with Gasteiger partial charge in [0, 0.05) is 43.9 Å². The highest BCUT2D eigenvalue weighted by molar-refractivity contribution is 5.33. The van der Waals surface area contributed by atoms with Crippen LogP contribution in [0.25, 0.3) is 0 Å². The van der Waals surface area contributed by atoms with Crippen LogP contribution in [-0.4, -0.2) is 74.4 Å². The van der Waals surface area contributed by atoms with Crippen molar-refractivity contribution in [1.82, 2.24) is 15.1 Å². The number of methoxy groups -OCH3 is 1. The van der Waals surface area contributed by atoms with Crippen LogP contribution in [-0.2, 0) is 11.3 Å². The fourth-order valence-corrected chi connectivity index (χ4v) is 5.36. The monoisotopic (exact) mass is 401 g/mol. The van der Waals surface area contributed by atoms with Crippen molar-refractivity contribution in [3.63, 3.8) is 0 Å². The lowest BCUT2D eigenvalue weighted by Gasteiger charge is -2.41. The van der Waals surface area contributed by atoms with Crippen molar-refractivity contribution < 1.29 is 9.47 Å². The molecule has 0 spiro atoms. The molecular formula is C24H39N3O2. The van der Waals surface area contributed by atoms with Gasteiger partial charge in [0.2, 0.25) is 0 Å². The summed E-state index contributed by atoms with van der Waals surface area (Å²) in [6.07, 6.45) is 6.75. The molecule has 0 aliphatic carbocycles. The standard InChI is InChI=1S/C24H39N3O2/c1-19-16-27(18-22-7-5-15-29-22)14-11-23(19)25-21-9-12-26(13-10-21)17-20-6-3-4-8-24(20)28-2/h3-4,6,8,19,21-23,25H,5,7,9-18H2,1-2H3/t19-,22-,23-/m1/s1. The Labute approximate surface area is 176 Å². The molecule has 162 valence electrons. The SMILES string of the molecule is COc1ccccc1CN1CCC(N[C@@H]2CCN(C[C@H]3CCCO3)C[C@H]2C)CC1. The van der Waals surface area contributed by atoms with E-state index in [9.17, 15) is 0 Å². The molecule has 3 aliphatic rings. The van der Waals surface area contributed by atoms with Gasteiger partial charge in [0.15, 0.2) is 0 Å². The normalized spacial score (nSPS) is 29.9. The third-order valence-corrected chi connectivity index (χ3v) is 7.10. The Morgan fingerprint density at radius 2 is 1.86 bits per heavy atom. The van der Waals surface area contributed by atoms with Crippen LogP contribution in [0.3, 0.4) is 0 Å². The first-order valence-corrected chi connectivity index (χ1v) is 11.7. The third kappa shape index (κ3) is 5.72. The van der Waals surface area contributed by atoms with E-state index < -0.39 is 0 Å². The Morgan fingerprint density at radius 1 is 1.07 bits per heavy atom. The minimum absolute atomic E-state index is 0.485. The molecule has 4 rings (SSSR count). The Morgan fingerprint density at radius 3 is 2.59 bits per heavy atom. The number of benzene rings is 1. The van der Waals surface area contributed by atoms with Crippen LogP contribution in [0.2, 0.25) is 0 Å². The topological polar surface area (TPSA) is 37.0 Å². The Bertz CT molecular complexity index is 626. The number of piperidine rings is 2. The highest BCUT2D eigenvalue weighted by Crippen LogP contribution is 2.24. The number of rotatable bonds is 7. The number of ether oxygens (including phenoxy) is 2. The Kier molecular flexibility index (Phi) is 7.46. The summed E-state index contributed by atoms with van der Waals surface area (Å²) in [6, 6.07) is 9.75. The number of para-hydroxylation sites is 1. The molecule has 0 radical (unpaired) electrons. The summed E-state index contributed by atoms with van der Waals surface area (Å²) in [6.45, 7) is 10.3. The highest BCUT2D eigenvalue weighted by atomic mass is 16.5. The minimum atomic E-state index is 0.485. The summed E-state index contributed by atoms with van der Waals surface area (Å²) in [5.41, 5.74) is 1.30. The zero-order chi connectivity index (χ0) is 20.1. The summed E-state index contributed by atoms with van der Waals surface area (Å²) >= 11 is 0. The van der Waals surface area contributed by atoms with Crippen LogP contribution in [0.4, 0.5) is 0 Å². The Balaban J connectivity index is 1.19. The van der Waals surface area contributed by atoms with E-state index in [0.717, 1.165) is 31.4 Å². The summed E-state index contributed by atoms with van der Waals surface area (Å²) in [7, 11) is 1.77.